The van der Waals surface area contributed by atoms with E-state index in [1.807, 2.05) is 6.92 Å². The molecule has 2 heterocycles. The summed E-state index contributed by atoms with van der Waals surface area (Å²) >= 11 is 0. The predicted molar refractivity (Wildman–Crippen MR) is 79.8 cm³/mol. The SMILES string of the molecule is CCOC(c1noc(C2(C)CCCN2)n1)C1CCCCC1. The summed E-state index contributed by atoms with van der Waals surface area (Å²) in [6, 6.07) is 0. The van der Waals surface area contributed by atoms with Crippen LogP contribution in [0.1, 0.15) is 76.6 Å². The van der Waals surface area contributed by atoms with Crippen molar-refractivity contribution in [3.05, 3.63) is 11.7 Å². The second kappa shape index (κ2) is 6.44. The molecule has 1 aromatic heterocycles. The van der Waals surface area contributed by atoms with Crippen molar-refractivity contribution >= 4 is 0 Å². The van der Waals surface area contributed by atoms with E-state index in [2.05, 4.69) is 17.4 Å². The lowest BCUT2D eigenvalue weighted by Gasteiger charge is -2.27. The van der Waals surface area contributed by atoms with Gasteiger partial charge in [0.2, 0.25) is 11.7 Å². The Labute approximate surface area is 126 Å². The van der Waals surface area contributed by atoms with Crippen LogP contribution < -0.4 is 5.32 Å². The van der Waals surface area contributed by atoms with Crippen molar-refractivity contribution in [3.8, 4) is 0 Å². The molecular formula is C16H27N3O2. The van der Waals surface area contributed by atoms with Crippen LogP contribution in [0.4, 0.5) is 0 Å². The first-order valence-electron chi connectivity index (χ1n) is 8.43. The summed E-state index contributed by atoms with van der Waals surface area (Å²) < 4.78 is 11.5. The van der Waals surface area contributed by atoms with Gasteiger partial charge in [0.25, 0.3) is 0 Å². The highest BCUT2D eigenvalue weighted by Gasteiger charge is 2.37. The second-order valence-electron chi connectivity index (χ2n) is 6.59. The lowest BCUT2D eigenvalue weighted by molar-refractivity contribution is -0.00145. The molecule has 0 bridgehead atoms. The maximum atomic E-state index is 5.97. The average Bonchev–Trinajstić information content (AvgIpc) is 3.16. The molecule has 118 valence electrons. The Balaban J connectivity index is 1.77. The van der Waals surface area contributed by atoms with Crippen molar-refractivity contribution in [1.82, 2.24) is 15.5 Å². The van der Waals surface area contributed by atoms with E-state index in [4.69, 9.17) is 14.2 Å². The zero-order chi connectivity index (χ0) is 14.7. The molecule has 1 aliphatic carbocycles. The molecule has 2 atom stereocenters. The van der Waals surface area contributed by atoms with Crippen molar-refractivity contribution in [2.75, 3.05) is 13.2 Å². The van der Waals surface area contributed by atoms with Gasteiger partial charge in [0.15, 0.2) is 0 Å². The number of aromatic nitrogens is 2. The molecule has 1 aliphatic heterocycles. The molecule has 0 aromatic carbocycles. The summed E-state index contributed by atoms with van der Waals surface area (Å²) in [5.41, 5.74) is -0.158. The van der Waals surface area contributed by atoms with Gasteiger partial charge in [-0.05, 0) is 52.0 Å². The normalized spacial score (nSPS) is 28.9. The van der Waals surface area contributed by atoms with Crippen LogP contribution in [0.25, 0.3) is 0 Å². The number of ether oxygens (including phenoxy) is 1. The third-order valence-corrected chi connectivity index (χ3v) is 4.96. The molecule has 1 saturated heterocycles. The van der Waals surface area contributed by atoms with Gasteiger partial charge >= 0.3 is 0 Å². The Hall–Kier alpha value is -0.940. The third-order valence-electron chi connectivity index (χ3n) is 4.96. The third kappa shape index (κ3) is 3.14. The van der Waals surface area contributed by atoms with Gasteiger partial charge in [0, 0.05) is 6.61 Å². The van der Waals surface area contributed by atoms with Gasteiger partial charge in [-0.2, -0.15) is 4.98 Å². The van der Waals surface area contributed by atoms with E-state index < -0.39 is 0 Å². The standard InChI is InChI=1S/C16H27N3O2/c1-3-20-13(12-8-5-4-6-9-12)14-18-15(21-19-14)16(2)10-7-11-17-16/h12-13,17H,3-11H2,1-2H3. The second-order valence-corrected chi connectivity index (χ2v) is 6.59. The summed E-state index contributed by atoms with van der Waals surface area (Å²) in [5, 5.41) is 7.73. The van der Waals surface area contributed by atoms with Crippen LogP contribution in [0.3, 0.4) is 0 Å². The minimum absolute atomic E-state index is 0.00203. The van der Waals surface area contributed by atoms with Crippen molar-refractivity contribution in [3.63, 3.8) is 0 Å². The van der Waals surface area contributed by atoms with Gasteiger partial charge in [-0.1, -0.05) is 24.4 Å². The Morgan fingerprint density at radius 2 is 2.14 bits per heavy atom. The van der Waals surface area contributed by atoms with E-state index in [0.29, 0.717) is 12.5 Å². The number of hydrogen-bond acceptors (Lipinski definition) is 5. The van der Waals surface area contributed by atoms with Gasteiger partial charge in [-0.25, -0.2) is 0 Å². The fraction of sp³-hybridized carbons (Fsp3) is 0.875. The molecule has 5 nitrogen and oxygen atoms in total. The molecule has 2 unspecified atom stereocenters. The molecule has 1 saturated carbocycles. The average molecular weight is 293 g/mol. The minimum atomic E-state index is -0.158. The number of nitrogens with zero attached hydrogens (tertiary/aromatic N) is 2. The van der Waals surface area contributed by atoms with Crippen LogP contribution in [-0.4, -0.2) is 23.3 Å². The van der Waals surface area contributed by atoms with Crippen molar-refractivity contribution in [2.45, 2.75) is 70.4 Å². The highest BCUT2D eigenvalue weighted by molar-refractivity contribution is 5.06. The zero-order valence-electron chi connectivity index (χ0n) is 13.2. The van der Waals surface area contributed by atoms with E-state index in [1.165, 1.54) is 32.1 Å². The summed E-state index contributed by atoms with van der Waals surface area (Å²) in [7, 11) is 0. The number of nitrogens with one attached hydrogen (secondary N) is 1. The van der Waals surface area contributed by atoms with Crippen LogP contribution in [0.5, 0.6) is 0 Å². The van der Waals surface area contributed by atoms with Crippen LogP contribution in [0.2, 0.25) is 0 Å². The van der Waals surface area contributed by atoms with Crippen molar-refractivity contribution < 1.29 is 9.26 Å². The number of hydrogen-bond donors (Lipinski definition) is 1. The summed E-state index contributed by atoms with van der Waals surface area (Å²) in [6.07, 6.45) is 8.56. The molecule has 21 heavy (non-hydrogen) atoms. The number of rotatable bonds is 5. The first-order chi connectivity index (χ1) is 10.2. The van der Waals surface area contributed by atoms with Crippen LogP contribution in [0.15, 0.2) is 4.52 Å². The molecule has 0 spiro atoms. The van der Waals surface area contributed by atoms with E-state index >= 15 is 0 Å². The predicted octanol–water partition coefficient (Wildman–Crippen LogP) is 3.33. The fourth-order valence-electron chi connectivity index (χ4n) is 3.69. The summed E-state index contributed by atoms with van der Waals surface area (Å²) in [6.45, 7) is 5.90. The van der Waals surface area contributed by atoms with Crippen molar-refractivity contribution in [2.24, 2.45) is 5.92 Å². The zero-order valence-corrected chi connectivity index (χ0v) is 13.2. The molecule has 0 amide bonds. The van der Waals surface area contributed by atoms with E-state index in [-0.39, 0.29) is 11.6 Å². The smallest absolute Gasteiger partial charge is 0.246 e. The van der Waals surface area contributed by atoms with Crippen LogP contribution >= 0.6 is 0 Å². The van der Waals surface area contributed by atoms with Crippen LogP contribution in [0, 0.1) is 5.92 Å². The minimum Gasteiger partial charge on any atom is -0.370 e. The Bertz CT molecular complexity index is 448. The first-order valence-corrected chi connectivity index (χ1v) is 8.43. The highest BCUT2D eigenvalue weighted by atomic mass is 16.5. The summed E-state index contributed by atoms with van der Waals surface area (Å²) in [4.78, 5) is 4.69. The molecule has 2 fully saturated rings. The maximum absolute atomic E-state index is 5.97. The summed E-state index contributed by atoms with van der Waals surface area (Å²) in [5.74, 6) is 2.00. The van der Waals surface area contributed by atoms with E-state index in [1.54, 1.807) is 0 Å². The Kier molecular flexibility index (Phi) is 4.60. The van der Waals surface area contributed by atoms with Gasteiger partial charge in [-0.3, -0.25) is 0 Å². The van der Waals surface area contributed by atoms with E-state index in [9.17, 15) is 0 Å². The quantitative estimate of drug-likeness (QED) is 0.902. The molecule has 1 aromatic rings. The fourth-order valence-corrected chi connectivity index (χ4v) is 3.69. The highest BCUT2D eigenvalue weighted by Crippen LogP contribution is 2.37. The van der Waals surface area contributed by atoms with Gasteiger partial charge in [0.05, 0.1) is 5.54 Å². The van der Waals surface area contributed by atoms with Gasteiger partial charge < -0.3 is 14.6 Å². The molecule has 2 aliphatic rings. The lowest BCUT2D eigenvalue weighted by Crippen LogP contribution is -2.33. The molecule has 5 heteroatoms. The Morgan fingerprint density at radius 3 is 2.81 bits per heavy atom. The van der Waals surface area contributed by atoms with Gasteiger partial charge in [-0.15, -0.1) is 0 Å². The monoisotopic (exact) mass is 293 g/mol. The molecular weight excluding hydrogens is 266 g/mol. The van der Waals surface area contributed by atoms with Crippen LogP contribution in [-0.2, 0) is 10.3 Å². The molecule has 3 rings (SSSR count). The Morgan fingerprint density at radius 1 is 1.33 bits per heavy atom. The van der Waals surface area contributed by atoms with Crippen molar-refractivity contribution in [1.29, 1.82) is 0 Å². The largest absolute Gasteiger partial charge is 0.370 e. The van der Waals surface area contributed by atoms with E-state index in [0.717, 1.165) is 31.1 Å². The van der Waals surface area contributed by atoms with Gasteiger partial charge in [0.1, 0.15) is 6.10 Å². The molecule has 0 radical (unpaired) electrons. The lowest BCUT2D eigenvalue weighted by atomic mass is 9.85. The maximum Gasteiger partial charge on any atom is 0.246 e. The topological polar surface area (TPSA) is 60.2 Å². The first kappa shape index (κ1) is 15.0. The molecule has 1 N–H and O–H groups in total.